The number of aliphatic carboxylic acids is 2. The molecule has 1 aromatic carbocycles. The zero-order valence-corrected chi connectivity index (χ0v) is 20.0. The zero-order valence-electron chi connectivity index (χ0n) is 20.0. The average Bonchev–Trinajstić information content (AvgIpc) is 3.34. The first kappa shape index (κ1) is 28.9. The molecular formula is C23H30N6O8. The number of carboxylic acid groups (broad SMARTS) is 2. The Morgan fingerprint density at radius 2 is 1.57 bits per heavy atom. The van der Waals surface area contributed by atoms with E-state index in [9.17, 15) is 39.3 Å². The zero-order chi connectivity index (χ0) is 27.5. The van der Waals surface area contributed by atoms with Crippen LogP contribution in [0.25, 0.3) is 0 Å². The minimum absolute atomic E-state index is 0.0948. The molecule has 0 aliphatic rings. The molecule has 1 aromatic heterocycles. The van der Waals surface area contributed by atoms with Crippen molar-refractivity contribution in [3.8, 4) is 0 Å². The van der Waals surface area contributed by atoms with Gasteiger partial charge in [-0.25, -0.2) is 9.78 Å². The van der Waals surface area contributed by atoms with Gasteiger partial charge >= 0.3 is 11.9 Å². The van der Waals surface area contributed by atoms with E-state index in [1.165, 1.54) is 12.5 Å². The molecule has 0 radical (unpaired) electrons. The topological polar surface area (TPSA) is 237 Å². The number of aliphatic hydroxyl groups excluding tert-OH is 1. The van der Waals surface area contributed by atoms with Gasteiger partial charge in [0.25, 0.3) is 0 Å². The van der Waals surface area contributed by atoms with E-state index in [2.05, 4.69) is 20.6 Å². The molecule has 0 bridgehead atoms. The summed E-state index contributed by atoms with van der Waals surface area (Å²) >= 11 is 0. The summed E-state index contributed by atoms with van der Waals surface area (Å²) in [5, 5.41) is 34.7. The molecule has 5 atom stereocenters. The number of benzene rings is 1. The maximum atomic E-state index is 13.1. The Balaban J connectivity index is 2.18. The van der Waals surface area contributed by atoms with Gasteiger partial charge in [-0.15, -0.1) is 0 Å². The van der Waals surface area contributed by atoms with Crippen LogP contribution in [-0.4, -0.2) is 85.2 Å². The lowest BCUT2D eigenvalue weighted by atomic mass is 10.0. The number of aromatic nitrogens is 2. The minimum atomic E-state index is -1.74. The number of H-pyrrole nitrogens is 1. The smallest absolute Gasteiger partial charge is 0.328 e. The average molecular weight is 519 g/mol. The van der Waals surface area contributed by atoms with Crippen LogP contribution < -0.4 is 21.7 Å². The molecule has 0 aliphatic carbocycles. The van der Waals surface area contributed by atoms with E-state index >= 15 is 0 Å². The molecule has 200 valence electrons. The molecule has 0 spiro atoms. The van der Waals surface area contributed by atoms with Crippen molar-refractivity contribution in [2.24, 2.45) is 5.73 Å². The third kappa shape index (κ3) is 9.35. The highest BCUT2D eigenvalue weighted by Gasteiger charge is 2.33. The first-order chi connectivity index (χ1) is 17.5. The molecule has 14 heteroatoms. The standard InChI is InChI=1S/C23H30N6O8/c1-12(30)19(23(36)37)29-22(35)17(9-18(31)32)28-21(34)16(8-14-10-25-11-26-14)27-20(33)15(24)7-13-5-3-2-4-6-13/h2-6,10-12,15-17,19,30H,7-9,24H2,1H3,(H,25,26)(H,27,33)(H,28,34)(H,29,35)(H,31,32)(H,36,37). The van der Waals surface area contributed by atoms with Crippen molar-refractivity contribution in [1.29, 1.82) is 0 Å². The lowest BCUT2D eigenvalue weighted by Gasteiger charge is -2.25. The Morgan fingerprint density at radius 1 is 0.946 bits per heavy atom. The van der Waals surface area contributed by atoms with Gasteiger partial charge in [0, 0.05) is 18.3 Å². The van der Waals surface area contributed by atoms with Gasteiger partial charge in [0.2, 0.25) is 17.7 Å². The molecule has 0 saturated carbocycles. The summed E-state index contributed by atoms with van der Waals surface area (Å²) in [6.07, 6.45) is 0.477. The molecule has 3 amide bonds. The highest BCUT2D eigenvalue weighted by molar-refractivity contribution is 5.95. The van der Waals surface area contributed by atoms with Crippen LogP contribution in [0.1, 0.15) is 24.6 Å². The Bertz CT molecular complexity index is 1080. The summed E-state index contributed by atoms with van der Waals surface area (Å²) < 4.78 is 0. The molecule has 9 N–H and O–H groups in total. The summed E-state index contributed by atoms with van der Waals surface area (Å²) in [6.45, 7) is 1.12. The van der Waals surface area contributed by atoms with Crippen molar-refractivity contribution in [3.63, 3.8) is 0 Å². The van der Waals surface area contributed by atoms with E-state index in [0.29, 0.717) is 5.69 Å². The van der Waals surface area contributed by atoms with Crippen LogP contribution >= 0.6 is 0 Å². The molecule has 2 rings (SSSR count). The first-order valence-electron chi connectivity index (χ1n) is 11.3. The van der Waals surface area contributed by atoms with E-state index in [4.69, 9.17) is 5.73 Å². The Kier molecular flexibility index (Phi) is 10.7. The monoisotopic (exact) mass is 518 g/mol. The van der Waals surface area contributed by atoms with Gasteiger partial charge in [0.05, 0.1) is 24.9 Å². The normalized spacial score (nSPS) is 14.9. The van der Waals surface area contributed by atoms with Crippen LogP contribution in [-0.2, 0) is 36.8 Å². The molecule has 0 saturated heterocycles. The third-order valence-corrected chi connectivity index (χ3v) is 5.31. The number of hydrogen-bond acceptors (Lipinski definition) is 8. The summed E-state index contributed by atoms with van der Waals surface area (Å²) in [7, 11) is 0. The summed E-state index contributed by atoms with van der Waals surface area (Å²) in [6, 6.07) is 3.21. The van der Waals surface area contributed by atoms with Crippen molar-refractivity contribution in [3.05, 3.63) is 54.1 Å². The maximum absolute atomic E-state index is 13.1. The second-order valence-corrected chi connectivity index (χ2v) is 8.36. The molecule has 37 heavy (non-hydrogen) atoms. The van der Waals surface area contributed by atoms with E-state index in [1.54, 1.807) is 24.3 Å². The largest absolute Gasteiger partial charge is 0.481 e. The predicted octanol–water partition coefficient (Wildman–Crippen LogP) is -2.08. The van der Waals surface area contributed by atoms with Crippen LogP contribution in [0, 0.1) is 0 Å². The van der Waals surface area contributed by atoms with Gasteiger partial charge in [-0.05, 0) is 18.9 Å². The number of nitrogens with two attached hydrogens (primary N) is 1. The number of hydrogen-bond donors (Lipinski definition) is 8. The number of carbonyl (C=O) groups excluding carboxylic acids is 3. The summed E-state index contributed by atoms with van der Waals surface area (Å²) in [5.41, 5.74) is 7.26. The van der Waals surface area contributed by atoms with Crippen LogP contribution in [0.4, 0.5) is 0 Å². The van der Waals surface area contributed by atoms with Crippen molar-refractivity contribution in [1.82, 2.24) is 25.9 Å². The number of imidazole rings is 1. The first-order valence-corrected chi connectivity index (χ1v) is 11.3. The molecule has 2 aromatic rings. The SMILES string of the molecule is CC(O)C(NC(=O)C(CC(=O)O)NC(=O)C(Cc1cnc[nH]1)NC(=O)C(N)Cc1ccccc1)C(=O)O. The summed E-state index contributed by atoms with van der Waals surface area (Å²) in [4.78, 5) is 67.7. The molecule has 0 aliphatic heterocycles. The molecule has 14 nitrogen and oxygen atoms in total. The second-order valence-electron chi connectivity index (χ2n) is 8.36. The van der Waals surface area contributed by atoms with Gasteiger partial charge < -0.3 is 42.0 Å². The number of nitrogens with one attached hydrogen (secondary N) is 4. The van der Waals surface area contributed by atoms with Gasteiger partial charge in [-0.2, -0.15) is 0 Å². The highest BCUT2D eigenvalue weighted by atomic mass is 16.4. The third-order valence-electron chi connectivity index (χ3n) is 5.31. The minimum Gasteiger partial charge on any atom is -0.481 e. The fourth-order valence-corrected chi connectivity index (χ4v) is 3.36. The van der Waals surface area contributed by atoms with E-state index < -0.39 is 66.4 Å². The van der Waals surface area contributed by atoms with Crippen LogP contribution in [0.3, 0.4) is 0 Å². The molecular weight excluding hydrogens is 488 g/mol. The number of rotatable bonds is 14. The van der Waals surface area contributed by atoms with Crippen molar-refractivity contribution in [2.45, 2.75) is 56.5 Å². The molecule has 0 fully saturated rings. The maximum Gasteiger partial charge on any atom is 0.328 e. The van der Waals surface area contributed by atoms with Crippen molar-refractivity contribution in [2.75, 3.05) is 0 Å². The van der Waals surface area contributed by atoms with E-state index in [0.717, 1.165) is 12.5 Å². The number of aliphatic hydroxyl groups is 1. The lowest BCUT2D eigenvalue weighted by Crippen LogP contribution is -2.59. The number of amides is 3. The quantitative estimate of drug-likeness (QED) is 0.136. The van der Waals surface area contributed by atoms with Gasteiger partial charge in [-0.3, -0.25) is 19.2 Å². The van der Waals surface area contributed by atoms with Crippen LogP contribution in [0.2, 0.25) is 0 Å². The van der Waals surface area contributed by atoms with Gasteiger partial charge in [-0.1, -0.05) is 30.3 Å². The van der Waals surface area contributed by atoms with Crippen LogP contribution in [0.5, 0.6) is 0 Å². The molecule has 5 unspecified atom stereocenters. The Morgan fingerprint density at radius 3 is 2.11 bits per heavy atom. The van der Waals surface area contributed by atoms with Crippen molar-refractivity contribution >= 4 is 29.7 Å². The van der Waals surface area contributed by atoms with Gasteiger partial charge in [0.1, 0.15) is 12.1 Å². The fraction of sp³-hybridized carbons (Fsp3) is 0.391. The number of carbonyl (C=O) groups is 5. The Hall–Kier alpha value is -4.30. The predicted molar refractivity (Wildman–Crippen MR) is 128 cm³/mol. The number of aromatic amines is 1. The van der Waals surface area contributed by atoms with Gasteiger partial charge in [0.15, 0.2) is 6.04 Å². The summed E-state index contributed by atoms with van der Waals surface area (Å²) in [5.74, 6) is -5.73. The van der Waals surface area contributed by atoms with E-state index in [1.807, 2.05) is 11.4 Å². The number of nitrogens with zero attached hydrogens (tertiary/aromatic N) is 1. The Labute approximate surface area is 211 Å². The molecule has 1 heterocycles. The van der Waals surface area contributed by atoms with Crippen LogP contribution in [0.15, 0.2) is 42.9 Å². The number of carboxylic acids is 2. The fourth-order valence-electron chi connectivity index (χ4n) is 3.36. The van der Waals surface area contributed by atoms with E-state index in [-0.39, 0.29) is 12.8 Å². The lowest BCUT2D eigenvalue weighted by molar-refractivity contribution is -0.146. The second kappa shape index (κ2) is 13.7. The van der Waals surface area contributed by atoms with Crippen molar-refractivity contribution < 1.29 is 39.3 Å². The highest BCUT2D eigenvalue weighted by Crippen LogP contribution is 2.06.